The van der Waals surface area contributed by atoms with Gasteiger partial charge in [0.25, 0.3) is 0 Å². The fourth-order valence-corrected chi connectivity index (χ4v) is 2.28. The quantitative estimate of drug-likeness (QED) is 0.868. The van der Waals surface area contributed by atoms with Crippen LogP contribution >= 0.6 is 0 Å². The number of fused-ring (bicyclic) bond motifs is 1. The first-order chi connectivity index (χ1) is 9.15. The Labute approximate surface area is 114 Å². The smallest absolute Gasteiger partial charge is 0.0958 e. The molecule has 19 heavy (non-hydrogen) atoms. The monoisotopic (exact) mass is 261 g/mol. The Bertz CT molecular complexity index is 548. The molecule has 1 unspecified atom stereocenters. The van der Waals surface area contributed by atoms with Crippen molar-refractivity contribution in [2.45, 2.75) is 39.8 Å². The zero-order valence-corrected chi connectivity index (χ0v) is 12.0. The Morgan fingerprint density at radius 3 is 2.74 bits per heavy atom. The molecule has 0 amide bonds. The molecular weight excluding hydrogens is 238 g/mol. The van der Waals surface area contributed by atoms with Crippen LogP contribution in [0.25, 0.3) is 11.0 Å². The number of ether oxygens (including phenoxy) is 1. The van der Waals surface area contributed by atoms with Crippen LogP contribution in [0.2, 0.25) is 0 Å². The highest BCUT2D eigenvalue weighted by atomic mass is 16.5. The minimum Gasteiger partial charge on any atom is -0.377 e. The van der Waals surface area contributed by atoms with Gasteiger partial charge in [0.2, 0.25) is 0 Å². The number of aromatic nitrogens is 2. The van der Waals surface area contributed by atoms with Crippen molar-refractivity contribution in [1.82, 2.24) is 9.55 Å². The van der Waals surface area contributed by atoms with Gasteiger partial charge in [-0.05, 0) is 50.5 Å². The third kappa shape index (κ3) is 3.14. The SMILES string of the molecule is CCOC(CN)CCn1cnc2cc(C)c(C)cc21. The third-order valence-electron chi connectivity index (χ3n) is 3.59. The first kappa shape index (κ1) is 14.0. The molecule has 0 radical (unpaired) electrons. The van der Waals surface area contributed by atoms with Crippen LogP contribution in [-0.2, 0) is 11.3 Å². The van der Waals surface area contributed by atoms with E-state index in [4.69, 9.17) is 10.5 Å². The van der Waals surface area contributed by atoms with Crippen molar-refractivity contribution in [2.24, 2.45) is 5.73 Å². The Hall–Kier alpha value is -1.39. The van der Waals surface area contributed by atoms with Gasteiger partial charge in [0.1, 0.15) is 0 Å². The second-order valence-electron chi connectivity index (χ2n) is 4.96. The first-order valence-electron chi connectivity index (χ1n) is 6.89. The lowest BCUT2D eigenvalue weighted by atomic mass is 10.1. The molecule has 4 nitrogen and oxygen atoms in total. The van der Waals surface area contributed by atoms with E-state index < -0.39 is 0 Å². The van der Waals surface area contributed by atoms with Gasteiger partial charge in [-0.1, -0.05) is 0 Å². The molecule has 0 aliphatic rings. The van der Waals surface area contributed by atoms with E-state index in [0.717, 1.165) is 18.5 Å². The third-order valence-corrected chi connectivity index (χ3v) is 3.59. The van der Waals surface area contributed by atoms with Gasteiger partial charge in [-0.25, -0.2) is 4.98 Å². The average molecular weight is 261 g/mol. The van der Waals surface area contributed by atoms with Gasteiger partial charge in [-0.3, -0.25) is 0 Å². The molecule has 0 bridgehead atoms. The highest BCUT2D eigenvalue weighted by Gasteiger charge is 2.09. The highest BCUT2D eigenvalue weighted by Crippen LogP contribution is 2.19. The average Bonchev–Trinajstić information content (AvgIpc) is 2.77. The van der Waals surface area contributed by atoms with E-state index in [1.54, 1.807) is 0 Å². The lowest BCUT2D eigenvalue weighted by Crippen LogP contribution is -2.25. The van der Waals surface area contributed by atoms with Crippen LogP contribution in [0, 0.1) is 13.8 Å². The number of benzene rings is 1. The van der Waals surface area contributed by atoms with E-state index in [-0.39, 0.29) is 6.10 Å². The molecule has 0 aliphatic carbocycles. The van der Waals surface area contributed by atoms with Gasteiger partial charge in [0.05, 0.1) is 23.5 Å². The van der Waals surface area contributed by atoms with E-state index >= 15 is 0 Å². The molecule has 0 spiro atoms. The van der Waals surface area contributed by atoms with Crippen molar-refractivity contribution in [1.29, 1.82) is 0 Å². The summed E-state index contributed by atoms with van der Waals surface area (Å²) in [7, 11) is 0. The maximum Gasteiger partial charge on any atom is 0.0958 e. The molecule has 2 aromatic rings. The van der Waals surface area contributed by atoms with Crippen LogP contribution in [0.3, 0.4) is 0 Å². The van der Waals surface area contributed by atoms with Crippen molar-refractivity contribution in [3.8, 4) is 0 Å². The molecule has 0 fully saturated rings. The summed E-state index contributed by atoms with van der Waals surface area (Å²) in [6.07, 6.45) is 2.96. The normalized spacial score (nSPS) is 13.1. The molecular formula is C15H23N3O. The van der Waals surface area contributed by atoms with E-state index in [1.165, 1.54) is 16.6 Å². The van der Waals surface area contributed by atoms with E-state index in [9.17, 15) is 0 Å². The minimum absolute atomic E-state index is 0.133. The summed E-state index contributed by atoms with van der Waals surface area (Å²) < 4.78 is 7.77. The molecule has 1 aromatic heterocycles. The van der Waals surface area contributed by atoms with Crippen molar-refractivity contribution in [3.63, 3.8) is 0 Å². The predicted octanol–water partition coefficient (Wildman–Crippen LogP) is 2.41. The topological polar surface area (TPSA) is 53.1 Å². The standard InChI is InChI=1S/C15H23N3O/c1-4-19-13(9-16)5-6-18-10-17-14-7-11(2)12(3)8-15(14)18/h7-8,10,13H,4-6,9,16H2,1-3H3. The van der Waals surface area contributed by atoms with Gasteiger partial charge in [-0.15, -0.1) is 0 Å². The summed E-state index contributed by atoms with van der Waals surface area (Å²) in [4.78, 5) is 4.46. The molecule has 1 aromatic carbocycles. The van der Waals surface area contributed by atoms with Crippen LogP contribution in [-0.4, -0.2) is 28.8 Å². The second kappa shape index (κ2) is 6.17. The van der Waals surface area contributed by atoms with Gasteiger partial charge in [-0.2, -0.15) is 0 Å². The van der Waals surface area contributed by atoms with Crippen LogP contribution in [0.15, 0.2) is 18.5 Å². The predicted molar refractivity (Wildman–Crippen MR) is 78.3 cm³/mol. The van der Waals surface area contributed by atoms with Gasteiger partial charge >= 0.3 is 0 Å². The fourth-order valence-electron chi connectivity index (χ4n) is 2.28. The molecule has 1 atom stereocenters. The highest BCUT2D eigenvalue weighted by molar-refractivity contribution is 5.77. The number of rotatable bonds is 6. The lowest BCUT2D eigenvalue weighted by molar-refractivity contribution is 0.0601. The molecule has 0 saturated carbocycles. The van der Waals surface area contributed by atoms with Crippen molar-refractivity contribution in [2.75, 3.05) is 13.2 Å². The maximum atomic E-state index is 5.71. The van der Waals surface area contributed by atoms with E-state index in [1.807, 2.05) is 13.3 Å². The van der Waals surface area contributed by atoms with E-state index in [0.29, 0.717) is 13.2 Å². The fraction of sp³-hybridized carbons (Fsp3) is 0.533. The van der Waals surface area contributed by atoms with Crippen molar-refractivity contribution < 1.29 is 4.74 Å². The largest absolute Gasteiger partial charge is 0.377 e. The van der Waals surface area contributed by atoms with Gasteiger partial charge in [0.15, 0.2) is 0 Å². The van der Waals surface area contributed by atoms with Crippen LogP contribution in [0.5, 0.6) is 0 Å². The number of aryl methyl sites for hydroxylation is 3. The van der Waals surface area contributed by atoms with E-state index in [2.05, 4.69) is 35.5 Å². The first-order valence-corrected chi connectivity index (χ1v) is 6.89. The number of imidazole rings is 1. The van der Waals surface area contributed by atoms with Crippen molar-refractivity contribution in [3.05, 3.63) is 29.6 Å². The van der Waals surface area contributed by atoms with Crippen LogP contribution in [0.1, 0.15) is 24.5 Å². The zero-order chi connectivity index (χ0) is 13.8. The van der Waals surface area contributed by atoms with Crippen molar-refractivity contribution >= 4 is 11.0 Å². The van der Waals surface area contributed by atoms with Crippen LogP contribution in [0.4, 0.5) is 0 Å². The summed E-state index contributed by atoms with van der Waals surface area (Å²) >= 11 is 0. The number of nitrogens with two attached hydrogens (primary N) is 1. The minimum atomic E-state index is 0.133. The number of nitrogens with zero attached hydrogens (tertiary/aromatic N) is 2. The molecule has 4 heteroatoms. The summed E-state index contributed by atoms with van der Waals surface area (Å²) in [5, 5.41) is 0. The molecule has 2 N–H and O–H groups in total. The maximum absolute atomic E-state index is 5.71. The number of hydrogen-bond acceptors (Lipinski definition) is 3. The zero-order valence-electron chi connectivity index (χ0n) is 12.0. The summed E-state index contributed by atoms with van der Waals surface area (Å²) in [5.41, 5.74) is 10.5. The Kier molecular flexibility index (Phi) is 4.56. The molecule has 0 saturated heterocycles. The number of hydrogen-bond donors (Lipinski definition) is 1. The van der Waals surface area contributed by atoms with Gasteiger partial charge < -0.3 is 15.0 Å². The lowest BCUT2D eigenvalue weighted by Gasteiger charge is -2.15. The Balaban J connectivity index is 2.15. The molecule has 0 aliphatic heterocycles. The summed E-state index contributed by atoms with van der Waals surface area (Å²) in [6, 6.07) is 4.35. The van der Waals surface area contributed by atoms with Gasteiger partial charge in [0, 0.05) is 19.7 Å². The van der Waals surface area contributed by atoms with Crippen LogP contribution < -0.4 is 5.73 Å². The molecule has 104 valence electrons. The Morgan fingerprint density at radius 2 is 2.05 bits per heavy atom. The molecule has 1 heterocycles. The summed E-state index contributed by atoms with van der Waals surface area (Å²) in [6.45, 7) is 8.42. The second-order valence-corrected chi connectivity index (χ2v) is 4.96. The summed E-state index contributed by atoms with van der Waals surface area (Å²) in [5.74, 6) is 0. The molecule has 2 rings (SSSR count). The Morgan fingerprint density at radius 1 is 1.32 bits per heavy atom.